The Hall–Kier alpha value is -3.29. The predicted molar refractivity (Wildman–Crippen MR) is 91.4 cm³/mol. The van der Waals surface area contributed by atoms with Gasteiger partial charge in [0.2, 0.25) is 0 Å². The number of aromatic nitrogens is 1. The number of amides is 1. The Kier molecular flexibility index (Phi) is 5.35. The second-order valence-corrected chi connectivity index (χ2v) is 4.48. The van der Waals surface area contributed by atoms with Crippen molar-refractivity contribution < 1.29 is 9.53 Å². The average Bonchev–Trinajstić information content (AvgIpc) is 2.53. The standard InChI is InChI=1S/C15H18N6O2/c1-2-23-15(22)20-12-8-11(13(16)14(17)19-12)21-18-9-10-6-4-3-5-7-10/h3-9H,2,16H2,1H3,(H4,17,19,20,21,22)/b18-9+. The molecule has 0 saturated heterocycles. The van der Waals surface area contributed by atoms with Crippen molar-refractivity contribution >= 4 is 35.3 Å². The van der Waals surface area contributed by atoms with E-state index in [4.69, 9.17) is 16.2 Å². The molecule has 0 spiro atoms. The van der Waals surface area contributed by atoms with Crippen LogP contribution in [0.25, 0.3) is 0 Å². The fraction of sp³-hybridized carbons (Fsp3) is 0.133. The molecule has 0 saturated carbocycles. The minimum atomic E-state index is -0.622. The van der Waals surface area contributed by atoms with Crippen LogP contribution in [0.2, 0.25) is 0 Å². The van der Waals surface area contributed by atoms with Crippen LogP contribution in [0.4, 0.5) is 27.8 Å². The molecule has 0 aliphatic rings. The zero-order valence-corrected chi connectivity index (χ0v) is 12.6. The minimum Gasteiger partial charge on any atom is -0.450 e. The summed E-state index contributed by atoms with van der Waals surface area (Å²) in [6.45, 7) is 1.96. The number of hydrazone groups is 1. The van der Waals surface area contributed by atoms with Gasteiger partial charge in [0.05, 0.1) is 24.2 Å². The fourth-order valence-corrected chi connectivity index (χ4v) is 1.72. The van der Waals surface area contributed by atoms with Crippen LogP contribution in [0.3, 0.4) is 0 Å². The number of carbonyl (C=O) groups is 1. The molecule has 2 aromatic rings. The van der Waals surface area contributed by atoms with Crippen molar-refractivity contribution in [3.05, 3.63) is 42.0 Å². The number of hydrogen-bond acceptors (Lipinski definition) is 7. The Labute approximate surface area is 133 Å². The van der Waals surface area contributed by atoms with Crippen LogP contribution in [-0.2, 0) is 4.74 Å². The summed E-state index contributed by atoms with van der Waals surface area (Å²) < 4.78 is 4.78. The molecule has 8 nitrogen and oxygen atoms in total. The van der Waals surface area contributed by atoms with Crippen LogP contribution in [0.5, 0.6) is 0 Å². The van der Waals surface area contributed by atoms with E-state index in [1.54, 1.807) is 13.1 Å². The van der Waals surface area contributed by atoms with Gasteiger partial charge in [0, 0.05) is 6.07 Å². The molecule has 1 heterocycles. The third-order valence-electron chi connectivity index (χ3n) is 2.79. The average molecular weight is 314 g/mol. The van der Waals surface area contributed by atoms with Crippen LogP contribution >= 0.6 is 0 Å². The highest BCUT2D eigenvalue weighted by Gasteiger charge is 2.10. The Bertz CT molecular complexity index is 703. The molecular weight excluding hydrogens is 296 g/mol. The molecule has 1 aromatic carbocycles. The number of rotatable bonds is 5. The maximum Gasteiger partial charge on any atom is 0.412 e. The van der Waals surface area contributed by atoms with Gasteiger partial charge in [-0.05, 0) is 12.5 Å². The zero-order valence-electron chi connectivity index (χ0n) is 12.6. The highest BCUT2D eigenvalue weighted by molar-refractivity contribution is 5.88. The van der Waals surface area contributed by atoms with E-state index in [0.29, 0.717) is 5.69 Å². The molecular formula is C15H18N6O2. The monoisotopic (exact) mass is 314 g/mol. The summed E-state index contributed by atoms with van der Waals surface area (Å²) in [6.07, 6.45) is 1.01. The third-order valence-corrected chi connectivity index (χ3v) is 2.79. The van der Waals surface area contributed by atoms with Gasteiger partial charge in [-0.25, -0.2) is 9.78 Å². The summed E-state index contributed by atoms with van der Waals surface area (Å²) in [7, 11) is 0. The lowest BCUT2D eigenvalue weighted by molar-refractivity contribution is 0.168. The minimum absolute atomic E-state index is 0.0803. The number of hydrogen-bond donors (Lipinski definition) is 4. The van der Waals surface area contributed by atoms with Crippen molar-refractivity contribution in [3.63, 3.8) is 0 Å². The topological polar surface area (TPSA) is 128 Å². The zero-order chi connectivity index (χ0) is 16.7. The molecule has 0 fully saturated rings. The first kappa shape index (κ1) is 16.1. The molecule has 0 aliphatic carbocycles. The lowest BCUT2D eigenvalue weighted by Crippen LogP contribution is -2.15. The van der Waals surface area contributed by atoms with Crippen LogP contribution in [0, 0.1) is 0 Å². The summed E-state index contributed by atoms with van der Waals surface area (Å²) in [5, 5.41) is 6.55. The predicted octanol–water partition coefficient (Wildman–Crippen LogP) is 2.26. The summed E-state index contributed by atoms with van der Waals surface area (Å²) in [5.74, 6) is 0.296. The molecule has 23 heavy (non-hydrogen) atoms. The Balaban J connectivity index is 2.12. The molecule has 2 rings (SSSR count). The largest absolute Gasteiger partial charge is 0.450 e. The fourth-order valence-electron chi connectivity index (χ4n) is 1.72. The van der Waals surface area contributed by atoms with Crippen molar-refractivity contribution in [1.82, 2.24) is 4.98 Å². The Morgan fingerprint density at radius 1 is 1.35 bits per heavy atom. The molecule has 0 atom stereocenters. The second-order valence-electron chi connectivity index (χ2n) is 4.48. The molecule has 0 radical (unpaired) electrons. The quantitative estimate of drug-likeness (QED) is 0.495. The van der Waals surface area contributed by atoms with Gasteiger partial charge in [-0.15, -0.1) is 0 Å². The second kappa shape index (κ2) is 7.64. The van der Waals surface area contributed by atoms with E-state index >= 15 is 0 Å². The van der Waals surface area contributed by atoms with Gasteiger partial charge in [-0.2, -0.15) is 5.10 Å². The number of pyridine rings is 1. The molecule has 6 N–H and O–H groups in total. The summed E-state index contributed by atoms with van der Waals surface area (Å²) >= 11 is 0. The first-order valence-corrected chi connectivity index (χ1v) is 6.94. The number of nitrogen functional groups attached to an aromatic ring is 2. The molecule has 1 aromatic heterocycles. The summed E-state index contributed by atoms with van der Waals surface area (Å²) in [4.78, 5) is 15.4. The molecule has 0 bridgehead atoms. The number of nitrogens with zero attached hydrogens (tertiary/aromatic N) is 2. The van der Waals surface area contributed by atoms with E-state index in [2.05, 4.69) is 20.8 Å². The number of anilines is 4. The maximum atomic E-state index is 11.4. The van der Waals surface area contributed by atoms with Gasteiger partial charge in [0.25, 0.3) is 0 Å². The van der Waals surface area contributed by atoms with Gasteiger partial charge in [0.15, 0.2) is 5.82 Å². The smallest absolute Gasteiger partial charge is 0.412 e. The SMILES string of the molecule is CCOC(=O)Nc1cc(N/N=C/c2ccccc2)c(N)c(N)n1. The molecule has 120 valence electrons. The van der Waals surface area contributed by atoms with Gasteiger partial charge in [-0.1, -0.05) is 30.3 Å². The van der Waals surface area contributed by atoms with Gasteiger partial charge < -0.3 is 16.2 Å². The lowest BCUT2D eigenvalue weighted by Gasteiger charge is -2.10. The highest BCUT2D eigenvalue weighted by atomic mass is 16.5. The number of nitrogens with one attached hydrogen (secondary N) is 2. The van der Waals surface area contributed by atoms with E-state index in [9.17, 15) is 4.79 Å². The van der Waals surface area contributed by atoms with E-state index in [-0.39, 0.29) is 23.9 Å². The maximum absolute atomic E-state index is 11.4. The number of nitrogens with two attached hydrogens (primary N) is 2. The normalized spacial score (nSPS) is 10.5. The van der Waals surface area contributed by atoms with E-state index in [0.717, 1.165) is 5.56 Å². The van der Waals surface area contributed by atoms with Crippen molar-refractivity contribution in [2.45, 2.75) is 6.92 Å². The van der Waals surface area contributed by atoms with Crippen LogP contribution < -0.4 is 22.2 Å². The third kappa shape index (κ3) is 4.60. The van der Waals surface area contributed by atoms with Crippen molar-refractivity contribution in [3.8, 4) is 0 Å². The van der Waals surface area contributed by atoms with Crippen LogP contribution in [0.1, 0.15) is 12.5 Å². The van der Waals surface area contributed by atoms with Gasteiger partial charge in [-0.3, -0.25) is 10.7 Å². The summed E-state index contributed by atoms with van der Waals surface area (Å²) in [5.41, 5.74) is 16.0. The molecule has 8 heteroatoms. The van der Waals surface area contributed by atoms with E-state index in [1.165, 1.54) is 6.07 Å². The first-order chi connectivity index (χ1) is 11.1. The Morgan fingerprint density at radius 2 is 2.09 bits per heavy atom. The van der Waals surface area contributed by atoms with Gasteiger partial charge in [0.1, 0.15) is 5.82 Å². The first-order valence-electron chi connectivity index (χ1n) is 6.94. The highest BCUT2D eigenvalue weighted by Crippen LogP contribution is 2.26. The molecule has 0 aliphatic heterocycles. The van der Waals surface area contributed by atoms with E-state index in [1.807, 2.05) is 30.3 Å². The lowest BCUT2D eigenvalue weighted by atomic mass is 10.2. The number of ether oxygens (including phenoxy) is 1. The Morgan fingerprint density at radius 3 is 2.78 bits per heavy atom. The molecule has 0 unspecified atom stereocenters. The van der Waals surface area contributed by atoms with Crippen molar-refractivity contribution in [2.24, 2.45) is 5.10 Å². The van der Waals surface area contributed by atoms with E-state index < -0.39 is 6.09 Å². The van der Waals surface area contributed by atoms with Crippen LogP contribution in [-0.4, -0.2) is 23.9 Å². The van der Waals surface area contributed by atoms with Crippen molar-refractivity contribution in [2.75, 3.05) is 28.8 Å². The summed E-state index contributed by atoms with van der Waals surface area (Å²) in [6, 6.07) is 11.1. The number of carbonyl (C=O) groups excluding carboxylic acids is 1. The number of benzene rings is 1. The van der Waals surface area contributed by atoms with Crippen molar-refractivity contribution in [1.29, 1.82) is 0 Å². The van der Waals surface area contributed by atoms with Gasteiger partial charge >= 0.3 is 6.09 Å². The van der Waals surface area contributed by atoms with Crippen LogP contribution in [0.15, 0.2) is 41.5 Å². The molecule has 1 amide bonds.